The minimum atomic E-state index is -0.0136. The maximum Gasteiger partial charge on any atom is 0.238 e. The number of rotatable bonds is 5. The van der Waals surface area contributed by atoms with Gasteiger partial charge in [-0.05, 0) is 38.8 Å². The van der Waals surface area contributed by atoms with Gasteiger partial charge in [-0.25, -0.2) is 4.98 Å². The maximum absolute atomic E-state index is 7.14. The van der Waals surface area contributed by atoms with Crippen LogP contribution in [0.15, 0.2) is 97.1 Å². The average Bonchev–Trinajstić information content (AvgIpc) is 3.86. The van der Waals surface area contributed by atoms with Crippen molar-refractivity contribution in [2.75, 3.05) is 0 Å². The second kappa shape index (κ2) is 14.9. The summed E-state index contributed by atoms with van der Waals surface area (Å²) in [7, 11) is 81.9. The van der Waals surface area contributed by atoms with Gasteiger partial charge >= 0.3 is 0 Å². The lowest BCUT2D eigenvalue weighted by Gasteiger charge is -2.26. The van der Waals surface area contributed by atoms with Crippen LogP contribution in [0, 0.1) is 0 Å². The maximum atomic E-state index is 7.14. The molecule has 10 rings (SSSR count). The highest BCUT2D eigenvalue weighted by atomic mass is 15.2. The summed E-state index contributed by atoms with van der Waals surface area (Å²) in [6.45, 7) is 0. The molecule has 0 spiro atoms. The Morgan fingerprint density at radius 2 is 0.855 bits per heavy atom. The van der Waals surface area contributed by atoms with Crippen molar-refractivity contribution in [2.24, 2.45) is 0 Å². The Morgan fingerprint density at radius 1 is 0.355 bits per heavy atom. The van der Waals surface area contributed by atoms with Crippen LogP contribution in [-0.2, 0) is 0 Å². The number of nitrogens with zero attached hydrogens (tertiary/aromatic N) is 4. The molecule has 3 heterocycles. The molecule has 0 N–H and O–H groups in total. The van der Waals surface area contributed by atoms with Crippen LogP contribution in [0.4, 0.5) is 0 Å². The number of hydrogen-bond donors (Lipinski definition) is 0. The summed E-state index contributed by atoms with van der Waals surface area (Å²) in [5.41, 5.74) is 9.01. The first kappa shape index (κ1) is 40.3. The molecule has 2 aromatic heterocycles. The normalized spacial score (nSPS) is 11.8. The van der Waals surface area contributed by atoms with E-state index in [2.05, 4.69) is 49.7 Å². The van der Waals surface area contributed by atoms with Crippen LogP contribution in [0.25, 0.3) is 83.9 Å². The third kappa shape index (κ3) is 5.90. The highest BCUT2D eigenvalue weighted by Crippen LogP contribution is 2.34. The minimum absolute atomic E-state index is 0.00748. The molecule has 0 unspecified atom stereocenters. The van der Waals surface area contributed by atoms with Gasteiger partial charge in [0.25, 0.3) is 0 Å². The Labute approximate surface area is 376 Å². The van der Waals surface area contributed by atoms with Gasteiger partial charge in [-0.1, -0.05) is 146 Å². The van der Waals surface area contributed by atoms with E-state index in [-0.39, 0.29) is 99.0 Å². The van der Waals surface area contributed by atoms with Gasteiger partial charge < -0.3 is 0 Å². The molecule has 9 aromatic rings. The molecule has 7 aromatic carbocycles. The van der Waals surface area contributed by atoms with Gasteiger partial charge in [0.1, 0.15) is 94.2 Å². The van der Waals surface area contributed by atoms with E-state index in [9.17, 15) is 0 Å². The van der Waals surface area contributed by atoms with Gasteiger partial charge in [0.15, 0.2) is 18.9 Å². The van der Waals surface area contributed by atoms with E-state index in [0.29, 0.717) is 28.2 Å². The van der Waals surface area contributed by atoms with E-state index in [0.717, 1.165) is 33.2 Å². The van der Waals surface area contributed by atoms with Crippen molar-refractivity contribution in [3.05, 3.63) is 97.1 Å². The van der Waals surface area contributed by atoms with Crippen molar-refractivity contribution in [2.45, 2.75) is 0 Å². The summed E-state index contributed by atoms with van der Waals surface area (Å²) in [6, 6.07) is 32.2. The summed E-state index contributed by atoms with van der Waals surface area (Å²) >= 11 is 0. The summed E-state index contributed by atoms with van der Waals surface area (Å²) in [5, 5.41) is 0.582. The highest BCUT2D eigenvalue weighted by Gasteiger charge is 2.28. The van der Waals surface area contributed by atoms with Gasteiger partial charge in [-0.15, -0.1) is 27.3 Å². The largest absolute Gasteiger partial charge is 0.279 e. The summed E-state index contributed by atoms with van der Waals surface area (Å²) in [5.74, 6) is 0.791. The van der Waals surface area contributed by atoms with E-state index in [1.54, 1.807) is 4.57 Å². The molecule has 1 aliphatic rings. The molecule has 255 valence electrons. The lowest BCUT2D eigenvalue weighted by atomic mass is 9.57. The van der Waals surface area contributed by atoms with Crippen LogP contribution in [0.5, 0.6) is 0 Å². The van der Waals surface area contributed by atoms with E-state index < -0.39 is 0 Å². The fourth-order valence-electron chi connectivity index (χ4n) is 8.66. The van der Waals surface area contributed by atoms with Crippen molar-refractivity contribution >= 4 is 200 Å². The zero-order chi connectivity index (χ0) is 43.5. The first-order valence-electron chi connectivity index (χ1n) is 19.4. The third-order valence-corrected chi connectivity index (χ3v) is 11.8. The number of aromatic nitrogens is 4. The minimum Gasteiger partial charge on any atom is -0.279 e. The Hall–Kier alpha value is -5.81. The Balaban J connectivity index is 1.27. The molecule has 62 heavy (non-hydrogen) atoms. The number of hydrogen-bond acceptors (Lipinski definition) is 3. The van der Waals surface area contributed by atoms with E-state index in [4.69, 9.17) is 109 Å². The van der Waals surface area contributed by atoms with E-state index in [1.807, 2.05) is 54.6 Å². The van der Waals surface area contributed by atoms with Gasteiger partial charge in [0, 0.05) is 27.5 Å². The molecule has 0 fully saturated rings. The molecule has 0 aliphatic carbocycles. The zero-order valence-corrected chi connectivity index (χ0v) is 33.0. The molecule has 0 amide bonds. The zero-order valence-electron chi connectivity index (χ0n) is 33.0. The monoisotopic (exact) mass is 755 g/mol. The molecule has 0 bridgehead atoms. The quantitative estimate of drug-likeness (QED) is 0.166. The SMILES string of the molecule is [B]c1c([B])c([B])c(-c2c([B])c([B])c3c(c2[B])c2c([B])c([B])c([B])c([B])c2n3-c2nc(-c3ccccc3)nc(-c3ccc4c(c3)[B]c3cccc(-c5ccccc5)c3-4)n2)c([B])c1[B]. The van der Waals surface area contributed by atoms with Crippen molar-refractivity contribution < 1.29 is 0 Å². The summed E-state index contributed by atoms with van der Waals surface area (Å²) < 4.78 is 1.62. The fraction of sp³-hybridized carbons (Fsp3) is 0. The van der Waals surface area contributed by atoms with Crippen LogP contribution in [-0.4, -0.2) is 121 Å². The molecular weight excluding hydrogens is 737 g/mol. The Morgan fingerprint density at radius 3 is 1.50 bits per heavy atom. The second-order valence-corrected chi connectivity index (χ2v) is 15.2. The summed E-state index contributed by atoms with van der Waals surface area (Å²) in [6.07, 6.45) is 0. The predicted octanol–water partition coefficient (Wildman–Crippen LogP) is -5.20. The average molecular weight is 753 g/mol. The van der Waals surface area contributed by atoms with Gasteiger partial charge in [-0.3, -0.25) is 4.57 Å². The Bertz CT molecular complexity index is 3380. The summed E-state index contributed by atoms with van der Waals surface area (Å²) in [4.78, 5) is 15.2. The van der Waals surface area contributed by atoms with Crippen LogP contribution in [0.2, 0.25) is 0 Å². The van der Waals surface area contributed by atoms with Crippen molar-refractivity contribution in [1.82, 2.24) is 19.5 Å². The van der Waals surface area contributed by atoms with Crippen molar-refractivity contribution in [3.8, 4) is 62.1 Å². The highest BCUT2D eigenvalue weighted by molar-refractivity contribution is 6.74. The molecule has 4 nitrogen and oxygen atoms in total. The van der Waals surface area contributed by atoms with Crippen LogP contribution in [0.3, 0.4) is 0 Å². The fourth-order valence-corrected chi connectivity index (χ4v) is 8.66. The lowest BCUT2D eigenvalue weighted by molar-refractivity contribution is 0.956. The number of benzene rings is 7. The second-order valence-electron chi connectivity index (χ2n) is 15.2. The molecule has 0 atom stereocenters. The smallest absolute Gasteiger partial charge is 0.238 e. The first-order chi connectivity index (χ1) is 29.8. The molecule has 0 saturated heterocycles. The van der Waals surface area contributed by atoms with E-state index in [1.165, 1.54) is 0 Å². The molecule has 25 radical (unpaired) electrons. The molecular formula is C45H16B13N4. The first-order valence-corrected chi connectivity index (χ1v) is 19.4. The van der Waals surface area contributed by atoms with Crippen LogP contribution in [0.1, 0.15) is 0 Å². The van der Waals surface area contributed by atoms with E-state index >= 15 is 0 Å². The standard InChI is InChI=1S/C45H16B13N4/c46-29-25(26-30(47)34(51)37(54)35(52)31(26)48)32(49)39(56)41-27(29)28-33(50)36(53)38(55)40(57)42(28)62(41)45-60-43(18-10-5-2-6-11-18)59-44(61-45)19-14-15-21-23(16-19)58-22-13-7-12-20(24(21)22)17-8-3-1-4-9-17/h1-16H. The predicted molar refractivity (Wildman–Crippen MR) is 271 cm³/mol. The van der Waals surface area contributed by atoms with Gasteiger partial charge in [0.2, 0.25) is 5.95 Å². The molecule has 0 saturated carbocycles. The van der Waals surface area contributed by atoms with Crippen LogP contribution < -0.4 is 76.5 Å². The van der Waals surface area contributed by atoms with Crippen molar-refractivity contribution in [1.29, 1.82) is 0 Å². The van der Waals surface area contributed by atoms with Crippen molar-refractivity contribution in [3.63, 3.8) is 0 Å². The van der Waals surface area contributed by atoms with Gasteiger partial charge in [-0.2, -0.15) is 9.97 Å². The van der Waals surface area contributed by atoms with Crippen LogP contribution >= 0.6 is 0 Å². The number of fused-ring (bicyclic) bond motifs is 6. The molecule has 1 aliphatic heterocycles. The third-order valence-electron chi connectivity index (χ3n) is 11.8. The topological polar surface area (TPSA) is 43.6 Å². The van der Waals surface area contributed by atoms with Gasteiger partial charge in [0.05, 0.1) is 0 Å². The molecule has 17 heteroatoms. The Kier molecular flexibility index (Phi) is 9.70. The lowest BCUT2D eigenvalue weighted by Crippen LogP contribution is -2.56.